The van der Waals surface area contributed by atoms with Gasteiger partial charge in [-0.2, -0.15) is 18.3 Å². The van der Waals surface area contributed by atoms with Crippen LogP contribution in [0.1, 0.15) is 53.5 Å². The van der Waals surface area contributed by atoms with Gasteiger partial charge < -0.3 is 4.74 Å². The average Bonchev–Trinajstić information content (AvgIpc) is 3.26. The van der Waals surface area contributed by atoms with Crippen molar-refractivity contribution >= 4 is 11.0 Å². The van der Waals surface area contributed by atoms with Crippen molar-refractivity contribution in [1.82, 2.24) is 14.5 Å². The molecule has 11 heteroatoms. The van der Waals surface area contributed by atoms with E-state index in [4.69, 9.17) is 4.74 Å². The Balaban J connectivity index is 0.00000352. The molecule has 0 aliphatic rings. The molecule has 0 saturated heterocycles. The van der Waals surface area contributed by atoms with E-state index in [2.05, 4.69) is 16.4 Å². The molecule has 0 bridgehead atoms. The van der Waals surface area contributed by atoms with Gasteiger partial charge in [0.15, 0.2) is 0 Å². The molecule has 0 fully saturated rings. The Morgan fingerprint density at radius 3 is 2.37 bits per heavy atom. The van der Waals surface area contributed by atoms with E-state index in [-0.39, 0.29) is 12.2 Å². The van der Waals surface area contributed by atoms with Crippen LogP contribution in [0.3, 0.4) is 0 Å². The summed E-state index contributed by atoms with van der Waals surface area (Å²) in [5.41, 5.74) is 0.350. The number of aromatic nitrogens is 2. The van der Waals surface area contributed by atoms with E-state index in [1.807, 2.05) is 20.8 Å². The molecule has 2 rings (SSSR count). The number of nitrogens with one attached hydrogen (secondary N) is 1. The molecule has 0 amide bonds. The number of alkyl halides is 5. The number of ether oxygens (including phenoxy) is 1. The molecule has 1 aromatic heterocycles. The maximum absolute atomic E-state index is 13.0. The first-order chi connectivity index (χ1) is 17.8. The second-order valence-corrected chi connectivity index (χ2v) is 9.54. The highest BCUT2D eigenvalue weighted by Crippen LogP contribution is 2.30. The zero-order valence-electron chi connectivity index (χ0n) is 22.5. The summed E-state index contributed by atoms with van der Waals surface area (Å²) in [5, 5.41) is 4.52. The van der Waals surface area contributed by atoms with Crippen molar-refractivity contribution in [1.29, 1.82) is 0 Å². The molecule has 2 aromatic rings. The molecule has 0 saturated carbocycles. The summed E-state index contributed by atoms with van der Waals surface area (Å²) in [6.07, 6.45) is -3.83. The first kappa shape index (κ1) is 33.2. The second-order valence-electron chi connectivity index (χ2n) is 8.31. The number of hydrogen-bond donors (Lipinski definition) is 1. The minimum atomic E-state index is -4.43. The third-order valence-corrected chi connectivity index (χ3v) is 6.48. The van der Waals surface area contributed by atoms with Crippen molar-refractivity contribution in [2.24, 2.45) is 0 Å². The number of rotatable bonds is 12. The van der Waals surface area contributed by atoms with Crippen molar-refractivity contribution in [3.63, 3.8) is 0 Å². The molecular weight excluding hydrogens is 525 g/mol. The number of allylic oxidation sites excluding steroid dienone is 4. The molecule has 1 N–H and O–H groups in total. The number of halogens is 5. The van der Waals surface area contributed by atoms with Crippen LogP contribution in [0, 0.1) is 0 Å². The minimum Gasteiger partial charge on any atom is -0.439 e. The Morgan fingerprint density at radius 1 is 1.18 bits per heavy atom. The summed E-state index contributed by atoms with van der Waals surface area (Å²) >= 11 is 0. The molecule has 212 valence electrons. The smallest absolute Gasteiger partial charge is 0.412 e. The maximum Gasteiger partial charge on any atom is 0.412 e. The lowest BCUT2D eigenvalue weighted by atomic mass is 9.93. The molecule has 1 heterocycles. The van der Waals surface area contributed by atoms with Gasteiger partial charge in [0.1, 0.15) is 5.76 Å². The zero-order chi connectivity index (χ0) is 29.1. The van der Waals surface area contributed by atoms with Crippen molar-refractivity contribution in [2.75, 3.05) is 5.75 Å². The van der Waals surface area contributed by atoms with E-state index in [0.717, 1.165) is 6.08 Å². The van der Waals surface area contributed by atoms with E-state index in [1.165, 1.54) is 19.1 Å². The standard InChI is InChI=1S/C25H30F5N3O2S.C2H6/c1-6-18(25(28,29)30)12-13-20(7-2)35-23-15-21(31-33(23)8-3)17-10-9-11-19(14-17)24(4,5)32-36(34)16-22(26)27;1-2/h7,9-15,22,32H,2,6,8,16H2,1,3-5H3;1-2H3/b18-12+,20-13+;. The van der Waals surface area contributed by atoms with Crippen LogP contribution < -0.4 is 9.46 Å². The Hall–Kier alpha value is -2.79. The van der Waals surface area contributed by atoms with Gasteiger partial charge >= 0.3 is 6.18 Å². The highest BCUT2D eigenvalue weighted by atomic mass is 32.2. The number of hydrogen-bond acceptors (Lipinski definition) is 3. The van der Waals surface area contributed by atoms with Crippen LogP contribution in [0.2, 0.25) is 0 Å². The van der Waals surface area contributed by atoms with Gasteiger partial charge in [-0.1, -0.05) is 51.6 Å². The Kier molecular flexibility index (Phi) is 13.1. The fourth-order valence-corrected chi connectivity index (χ4v) is 4.28. The zero-order valence-corrected chi connectivity index (χ0v) is 23.4. The van der Waals surface area contributed by atoms with E-state index >= 15 is 0 Å². The third kappa shape index (κ3) is 9.83. The summed E-state index contributed by atoms with van der Waals surface area (Å²) in [7, 11) is -1.92. The van der Waals surface area contributed by atoms with Crippen LogP contribution in [-0.4, -0.2) is 32.3 Å². The molecule has 38 heavy (non-hydrogen) atoms. The van der Waals surface area contributed by atoms with Crippen LogP contribution in [0.4, 0.5) is 22.0 Å². The molecule has 0 spiro atoms. The van der Waals surface area contributed by atoms with Crippen LogP contribution >= 0.6 is 0 Å². The van der Waals surface area contributed by atoms with Crippen LogP contribution in [0.25, 0.3) is 11.3 Å². The summed E-state index contributed by atoms with van der Waals surface area (Å²) in [5.74, 6) is -0.355. The van der Waals surface area contributed by atoms with Gasteiger partial charge in [0.05, 0.1) is 22.4 Å². The first-order valence-electron chi connectivity index (χ1n) is 12.2. The van der Waals surface area contributed by atoms with Crippen LogP contribution in [0.15, 0.2) is 66.5 Å². The van der Waals surface area contributed by atoms with Gasteiger partial charge in [-0.3, -0.25) is 0 Å². The van der Waals surface area contributed by atoms with Crippen molar-refractivity contribution < 1.29 is 30.9 Å². The SMILES string of the molecule is C=C/C(=C\C=C(/CC)C(F)(F)F)Oc1cc(-c2cccc(C(C)(C)NS(=O)CC(F)F)c2)nn1CC.CC. The lowest BCUT2D eigenvalue weighted by Crippen LogP contribution is -2.39. The molecule has 1 unspecified atom stereocenters. The predicted molar refractivity (Wildman–Crippen MR) is 143 cm³/mol. The van der Waals surface area contributed by atoms with Crippen molar-refractivity contribution in [2.45, 2.75) is 72.6 Å². The fraction of sp³-hybridized carbons (Fsp3) is 0.444. The Bertz CT molecular complexity index is 1140. The summed E-state index contributed by atoms with van der Waals surface area (Å²) < 4.78 is 86.3. The monoisotopic (exact) mass is 561 g/mol. The quantitative estimate of drug-likeness (QED) is 0.164. The maximum atomic E-state index is 13.0. The van der Waals surface area contributed by atoms with Gasteiger partial charge in [0.25, 0.3) is 6.43 Å². The minimum absolute atomic E-state index is 0.118. The Morgan fingerprint density at radius 2 is 1.84 bits per heavy atom. The number of nitrogens with zero attached hydrogens (tertiary/aromatic N) is 2. The average molecular weight is 562 g/mol. The topological polar surface area (TPSA) is 56.1 Å². The number of benzene rings is 1. The lowest BCUT2D eigenvalue weighted by molar-refractivity contribution is -0.0935. The molecule has 1 aromatic carbocycles. The van der Waals surface area contributed by atoms with Gasteiger partial charge in [-0.05, 0) is 51.0 Å². The summed E-state index contributed by atoms with van der Waals surface area (Å²) in [6.45, 7) is 14.8. The Labute approximate surface area is 224 Å². The normalized spacial score (nSPS) is 13.7. The van der Waals surface area contributed by atoms with E-state index in [9.17, 15) is 26.2 Å². The van der Waals surface area contributed by atoms with Gasteiger partial charge in [-0.25, -0.2) is 22.4 Å². The fourth-order valence-electron chi connectivity index (χ4n) is 3.28. The van der Waals surface area contributed by atoms with Crippen molar-refractivity contribution in [3.05, 3.63) is 72.0 Å². The van der Waals surface area contributed by atoms with E-state index in [1.54, 1.807) is 48.9 Å². The van der Waals surface area contributed by atoms with Gasteiger partial charge in [0, 0.05) is 29.3 Å². The predicted octanol–water partition coefficient (Wildman–Crippen LogP) is 7.70. The lowest BCUT2D eigenvalue weighted by Gasteiger charge is -2.26. The largest absolute Gasteiger partial charge is 0.439 e. The van der Waals surface area contributed by atoms with Crippen LogP contribution in [0.5, 0.6) is 5.88 Å². The molecule has 0 aliphatic carbocycles. The van der Waals surface area contributed by atoms with Crippen LogP contribution in [-0.2, 0) is 23.1 Å². The molecule has 0 radical (unpaired) electrons. The highest BCUT2D eigenvalue weighted by Gasteiger charge is 2.31. The van der Waals surface area contributed by atoms with Gasteiger partial charge in [0.2, 0.25) is 5.88 Å². The first-order valence-corrected chi connectivity index (χ1v) is 13.5. The summed E-state index contributed by atoms with van der Waals surface area (Å²) in [6, 6.07) is 8.78. The molecular formula is C27H36F5N3O2S. The third-order valence-electron chi connectivity index (χ3n) is 5.19. The van der Waals surface area contributed by atoms with Crippen molar-refractivity contribution in [3.8, 4) is 17.1 Å². The summed E-state index contributed by atoms with van der Waals surface area (Å²) in [4.78, 5) is 0. The molecule has 5 nitrogen and oxygen atoms in total. The van der Waals surface area contributed by atoms with E-state index < -0.39 is 40.5 Å². The highest BCUT2D eigenvalue weighted by molar-refractivity contribution is 7.83. The van der Waals surface area contributed by atoms with E-state index in [0.29, 0.717) is 29.2 Å². The van der Waals surface area contributed by atoms with Gasteiger partial charge in [-0.15, -0.1) is 0 Å². The molecule has 0 aliphatic heterocycles. The molecule has 1 atom stereocenters. The second kappa shape index (κ2) is 15.0. The number of aryl methyl sites for hydroxylation is 1.